The Balaban J connectivity index is 1.88. The number of rotatable bonds is 7. The second-order valence-corrected chi connectivity index (χ2v) is 9.41. The van der Waals surface area contributed by atoms with Gasteiger partial charge < -0.3 is 0 Å². The number of amides is 1. The minimum absolute atomic E-state index is 0.0125. The molecule has 0 atom stereocenters. The minimum atomic E-state index is -4.08. The number of benzene rings is 3. The molecule has 3 aromatic carbocycles. The molecule has 1 amide bonds. The fourth-order valence-electron chi connectivity index (χ4n) is 2.64. The molecule has 3 aromatic rings. The molecule has 0 unspecified atom stereocenters. The summed E-state index contributed by atoms with van der Waals surface area (Å²) in [5.74, 6) is -0.668. The van der Waals surface area contributed by atoms with Gasteiger partial charge in [-0.3, -0.25) is 9.10 Å². The zero-order valence-corrected chi connectivity index (χ0v) is 19.0. The van der Waals surface area contributed by atoms with Crippen LogP contribution < -0.4 is 9.73 Å². The molecule has 160 valence electrons. The lowest BCUT2D eigenvalue weighted by atomic mass is 10.2. The molecule has 10 heteroatoms. The molecule has 0 fully saturated rings. The molecule has 3 rings (SSSR count). The van der Waals surface area contributed by atoms with Gasteiger partial charge in [-0.05, 0) is 36.4 Å². The molecule has 0 saturated carbocycles. The van der Waals surface area contributed by atoms with E-state index in [9.17, 15) is 13.2 Å². The molecular weight excluding hydrogens is 481 g/mol. The molecule has 31 heavy (non-hydrogen) atoms. The predicted octanol–water partition coefficient (Wildman–Crippen LogP) is 4.99. The molecule has 0 spiro atoms. The van der Waals surface area contributed by atoms with Crippen LogP contribution in [-0.4, -0.2) is 27.1 Å². The molecule has 0 heterocycles. The van der Waals surface area contributed by atoms with Crippen molar-refractivity contribution in [2.45, 2.75) is 4.90 Å². The maximum absolute atomic E-state index is 13.2. The van der Waals surface area contributed by atoms with Gasteiger partial charge >= 0.3 is 0 Å². The van der Waals surface area contributed by atoms with E-state index in [-0.39, 0.29) is 20.6 Å². The zero-order chi connectivity index (χ0) is 22.4. The molecule has 0 saturated heterocycles. The highest BCUT2D eigenvalue weighted by molar-refractivity contribution is 7.92. The first-order valence-electron chi connectivity index (χ1n) is 8.88. The Bertz CT molecular complexity index is 1200. The monoisotopic (exact) mass is 495 g/mol. The maximum Gasteiger partial charge on any atom is 0.264 e. The maximum atomic E-state index is 13.2. The molecular formula is C21H16Cl3N3O3S. The Morgan fingerprint density at radius 1 is 0.935 bits per heavy atom. The van der Waals surface area contributed by atoms with Gasteiger partial charge in [-0.1, -0.05) is 71.2 Å². The van der Waals surface area contributed by atoms with Crippen molar-refractivity contribution in [3.8, 4) is 0 Å². The van der Waals surface area contributed by atoms with Gasteiger partial charge in [-0.25, -0.2) is 13.8 Å². The summed E-state index contributed by atoms with van der Waals surface area (Å²) >= 11 is 18.1. The van der Waals surface area contributed by atoms with Crippen molar-refractivity contribution in [3.05, 3.63) is 93.4 Å². The van der Waals surface area contributed by atoms with E-state index in [1.807, 2.05) is 0 Å². The van der Waals surface area contributed by atoms with Crippen LogP contribution in [0.4, 0.5) is 5.69 Å². The first kappa shape index (κ1) is 23.1. The van der Waals surface area contributed by atoms with Crippen LogP contribution in [0.1, 0.15) is 5.56 Å². The van der Waals surface area contributed by atoms with Crippen LogP contribution in [0.15, 0.2) is 82.8 Å². The fraction of sp³-hybridized carbons (Fsp3) is 0.0476. The number of halogens is 3. The molecule has 0 aliphatic heterocycles. The van der Waals surface area contributed by atoms with Crippen molar-refractivity contribution in [3.63, 3.8) is 0 Å². The first-order chi connectivity index (χ1) is 14.8. The highest BCUT2D eigenvalue weighted by atomic mass is 35.5. The van der Waals surface area contributed by atoms with Crippen LogP contribution in [-0.2, 0) is 14.8 Å². The second kappa shape index (κ2) is 10.2. The van der Waals surface area contributed by atoms with Crippen molar-refractivity contribution >= 4 is 62.6 Å². The lowest BCUT2D eigenvalue weighted by Gasteiger charge is -2.24. The number of nitrogens with zero attached hydrogens (tertiary/aromatic N) is 2. The van der Waals surface area contributed by atoms with Crippen LogP contribution in [0.3, 0.4) is 0 Å². The fourth-order valence-corrected chi connectivity index (χ4v) is 4.76. The summed E-state index contributed by atoms with van der Waals surface area (Å²) < 4.78 is 27.4. The molecule has 0 radical (unpaired) electrons. The van der Waals surface area contributed by atoms with E-state index >= 15 is 0 Å². The first-order valence-corrected chi connectivity index (χ1v) is 11.4. The van der Waals surface area contributed by atoms with Crippen LogP contribution in [0.5, 0.6) is 0 Å². The standard InChI is InChI=1S/C21H16Cl3N3O3S/c22-16-10-17(23)12-18(11-16)27(31(29,30)19-7-2-1-3-8-19)14-21(28)26-25-13-15-6-4-5-9-20(15)24/h1-13H,14H2,(H,26,28)/b25-13-. The van der Waals surface area contributed by atoms with Gasteiger partial charge in [0, 0.05) is 20.6 Å². The van der Waals surface area contributed by atoms with E-state index < -0.39 is 22.5 Å². The van der Waals surface area contributed by atoms with Crippen molar-refractivity contribution in [1.29, 1.82) is 0 Å². The third kappa shape index (κ3) is 5.98. The summed E-state index contributed by atoms with van der Waals surface area (Å²) in [6, 6.07) is 19.0. The average molecular weight is 497 g/mol. The number of anilines is 1. The predicted molar refractivity (Wildman–Crippen MR) is 125 cm³/mol. The summed E-state index contributed by atoms with van der Waals surface area (Å²) in [7, 11) is -4.08. The van der Waals surface area contributed by atoms with Crippen molar-refractivity contribution in [2.75, 3.05) is 10.8 Å². The van der Waals surface area contributed by atoms with Gasteiger partial charge in [0.1, 0.15) is 6.54 Å². The Labute approximate surface area is 195 Å². The highest BCUT2D eigenvalue weighted by Crippen LogP contribution is 2.29. The van der Waals surface area contributed by atoms with E-state index in [1.54, 1.807) is 42.5 Å². The lowest BCUT2D eigenvalue weighted by Crippen LogP contribution is -2.39. The van der Waals surface area contributed by atoms with Crippen LogP contribution >= 0.6 is 34.8 Å². The number of carbonyl (C=O) groups excluding carboxylic acids is 1. The van der Waals surface area contributed by atoms with Crippen molar-refractivity contribution in [1.82, 2.24) is 5.43 Å². The Morgan fingerprint density at radius 2 is 1.55 bits per heavy atom. The molecule has 0 aliphatic rings. The highest BCUT2D eigenvalue weighted by Gasteiger charge is 2.27. The molecule has 0 aliphatic carbocycles. The van der Waals surface area contributed by atoms with Crippen LogP contribution in [0.25, 0.3) is 0 Å². The third-order valence-electron chi connectivity index (χ3n) is 4.05. The van der Waals surface area contributed by atoms with Gasteiger partial charge in [-0.15, -0.1) is 0 Å². The second-order valence-electron chi connectivity index (χ2n) is 6.27. The Morgan fingerprint density at radius 3 is 2.19 bits per heavy atom. The number of carbonyl (C=O) groups is 1. The molecule has 6 nitrogen and oxygen atoms in total. The van der Waals surface area contributed by atoms with E-state index in [0.717, 1.165) is 4.31 Å². The topological polar surface area (TPSA) is 78.8 Å². The number of hydrogen-bond acceptors (Lipinski definition) is 4. The largest absolute Gasteiger partial charge is 0.271 e. The number of sulfonamides is 1. The van der Waals surface area contributed by atoms with Gasteiger partial charge in [0.2, 0.25) is 0 Å². The average Bonchev–Trinajstić information content (AvgIpc) is 2.73. The van der Waals surface area contributed by atoms with E-state index in [2.05, 4.69) is 10.5 Å². The Hall–Kier alpha value is -2.58. The van der Waals surface area contributed by atoms with Crippen molar-refractivity contribution in [2.24, 2.45) is 5.10 Å². The Kier molecular flexibility index (Phi) is 7.56. The molecule has 0 aromatic heterocycles. The van der Waals surface area contributed by atoms with Gasteiger partial charge in [-0.2, -0.15) is 5.10 Å². The SMILES string of the molecule is O=C(CN(c1cc(Cl)cc(Cl)c1)S(=O)(=O)c1ccccc1)N/N=C\c1ccccc1Cl. The third-order valence-corrected chi connectivity index (χ3v) is 6.62. The van der Waals surface area contributed by atoms with Crippen LogP contribution in [0.2, 0.25) is 15.1 Å². The number of hydrogen-bond donors (Lipinski definition) is 1. The number of nitrogens with one attached hydrogen (secondary N) is 1. The zero-order valence-electron chi connectivity index (χ0n) is 15.9. The van der Waals surface area contributed by atoms with E-state index in [4.69, 9.17) is 34.8 Å². The van der Waals surface area contributed by atoms with Gasteiger partial charge in [0.15, 0.2) is 0 Å². The summed E-state index contributed by atoms with van der Waals surface area (Å²) in [5, 5.41) is 4.78. The summed E-state index contributed by atoms with van der Waals surface area (Å²) in [6.45, 7) is -0.548. The summed E-state index contributed by atoms with van der Waals surface area (Å²) in [6.07, 6.45) is 1.37. The number of hydrazone groups is 1. The van der Waals surface area contributed by atoms with Crippen LogP contribution in [0, 0.1) is 0 Å². The summed E-state index contributed by atoms with van der Waals surface area (Å²) in [4.78, 5) is 12.5. The quantitative estimate of drug-likeness (QED) is 0.370. The summed E-state index contributed by atoms with van der Waals surface area (Å²) in [5.41, 5.74) is 3.05. The smallest absolute Gasteiger partial charge is 0.264 e. The van der Waals surface area contributed by atoms with Gasteiger partial charge in [0.25, 0.3) is 15.9 Å². The van der Waals surface area contributed by atoms with Crippen molar-refractivity contribution < 1.29 is 13.2 Å². The van der Waals surface area contributed by atoms with E-state index in [1.165, 1.54) is 36.5 Å². The minimum Gasteiger partial charge on any atom is -0.271 e. The normalized spacial score (nSPS) is 11.5. The van der Waals surface area contributed by atoms with E-state index in [0.29, 0.717) is 10.6 Å². The lowest BCUT2D eigenvalue weighted by molar-refractivity contribution is -0.119. The van der Waals surface area contributed by atoms with Gasteiger partial charge in [0.05, 0.1) is 16.8 Å². The molecule has 0 bridgehead atoms. The molecule has 1 N–H and O–H groups in total.